The van der Waals surface area contributed by atoms with E-state index in [0.29, 0.717) is 17.7 Å². The van der Waals surface area contributed by atoms with Crippen molar-refractivity contribution in [3.8, 4) is 17.2 Å². The molecular weight excluding hydrogens is 364 g/mol. The standard InChI is InChI=1S/C21H28O5S/c1-2-3-4-5-6-7-8-12-17-18(22)13-11-15-19(17)26-20-14-9-10-16-21(20)27(23,24)25/h9-11,13-16,22H,2-8,12H2,1H3,(H,23,24,25). The van der Waals surface area contributed by atoms with Gasteiger partial charge in [0.15, 0.2) is 0 Å². The highest BCUT2D eigenvalue weighted by Gasteiger charge is 2.18. The number of hydrogen-bond acceptors (Lipinski definition) is 4. The molecule has 0 saturated carbocycles. The molecule has 0 amide bonds. The van der Waals surface area contributed by atoms with Crippen molar-refractivity contribution in [3.63, 3.8) is 0 Å². The van der Waals surface area contributed by atoms with Gasteiger partial charge < -0.3 is 9.84 Å². The van der Waals surface area contributed by atoms with Crippen molar-refractivity contribution < 1.29 is 22.8 Å². The fourth-order valence-electron chi connectivity index (χ4n) is 3.03. The molecule has 0 saturated heterocycles. The highest BCUT2D eigenvalue weighted by atomic mass is 32.2. The molecule has 0 unspecified atom stereocenters. The van der Waals surface area contributed by atoms with Gasteiger partial charge >= 0.3 is 0 Å². The summed E-state index contributed by atoms with van der Waals surface area (Å²) in [6.45, 7) is 2.19. The number of para-hydroxylation sites is 1. The summed E-state index contributed by atoms with van der Waals surface area (Å²) in [5.74, 6) is 0.561. The summed E-state index contributed by atoms with van der Waals surface area (Å²) < 4.78 is 38.2. The number of ether oxygens (including phenoxy) is 1. The average molecular weight is 393 g/mol. The largest absolute Gasteiger partial charge is 0.508 e. The lowest BCUT2D eigenvalue weighted by Gasteiger charge is -2.14. The Hall–Kier alpha value is -2.05. The number of rotatable bonds is 11. The molecule has 2 rings (SSSR count). The van der Waals surface area contributed by atoms with Gasteiger partial charge in [0.1, 0.15) is 22.1 Å². The van der Waals surface area contributed by atoms with Gasteiger partial charge in [0.2, 0.25) is 0 Å². The predicted octanol–water partition coefficient (Wildman–Crippen LogP) is 5.72. The van der Waals surface area contributed by atoms with E-state index in [-0.39, 0.29) is 16.4 Å². The Labute approximate surface area is 161 Å². The second-order valence-corrected chi connectivity index (χ2v) is 8.04. The minimum atomic E-state index is -4.40. The number of benzene rings is 2. The van der Waals surface area contributed by atoms with E-state index in [0.717, 1.165) is 19.3 Å². The molecule has 5 nitrogen and oxygen atoms in total. The number of phenolic OH excluding ortho intramolecular Hbond substituents is 1. The van der Waals surface area contributed by atoms with Gasteiger partial charge in [-0.15, -0.1) is 0 Å². The number of aromatic hydroxyl groups is 1. The van der Waals surface area contributed by atoms with Gasteiger partial charge in [0.05, 0.1) is 0 Å². The lowest BCUT2D eigenvalue weighted by Crippen LogP contribution is -2.02. The summed E-state index contributed by atoms with van der Waals surface area (Å²) in [6, 6.07) is 10.8. The monoisotopic (exact) mass is 392 g/mol. The van der Waals surface area contributed by atoms with Gasteiger partial charge in [-0.2, -0.15) is 8.42 Å². The summed E-state index contributed by atoms with van der Waals surface area (Å²) >= 11 is 0. The van der Waals surface area contributed by atoms with Crippen LogP contribution < -0.4 is 4.74 Å². The van der Waals surface area contributed by atoms with Crippen molar-refractivity contribution in [2.75, 3.05) is 0 Å². The Morgan fingerprint density at radius 3 is 2.19 bits per heavy atom. The van der Waals surface area contributed by atoms with E-state index < -0.39 is 10.1 Å². The molecule has 27 heavy (non-hydrogen) atoms. The van der Waals surface area contributed by atoms with Crippen molar-refractivity contribution in [2.24, 2.45) is 0 Å². The quantitative estimate of drug-likeness (QED) is 0.377. The minimum absolute atomic E-state index is 0.0337. The minimum Gasteiger partial charge on any atom is -0.508 e. The normalized spacial score (nSPS) is 11.5. The average Bonchev–Trinajstić information content (AvgIpc) is 2.62. The summed E-state index contributed by atoms with van der Waals surface area (Å²) in [5.41, 5.74) is 0.649. The van der Waals surface area contributed by atoms with Crippen molar-refractivity contribution in [1.29, 1.82) is 0 Å². The topological polar surface area (TPSA) is 83.8 Å². The molecule has 6 heteroatoms. The maximum atomic E-state index is 11.5. The van der Waals surface area contributed by atoms with E-state index >= 15 is 0 Å². The smallest absolute Gasteiger partial charge is 0.298 e. The molecule has 0 spiro atoms. The molecule has 148 valence electrons. The maximum absolute atomic E-state index is 11.5. The van der Waals surface area contributed by atoms with Crippen LogP contribution in [0.15, 0.2) is 47.4 Å². The SMILES string of the molecule is CCCCCCCCCc1c(O)cccc1Oc1ccccc1S(=O)(=O)O. The van der Waals surface area contributed by atoms with Gasteiger partial charge in [-0.3, -0.25) is 4.55 Å². The molecule has 0 atom stereocenters. The molecule has 0 fully saturated rings. The Morgan fingerprint density at radius 1 is 0.852 bits per heavy atom. The van der Waals surface area contributed by atoms with E-state index in [2.05, 4.69) is 6.92 Å². The number of hydrogen-bond donors (Lipinski definition) is 2. The van der Waals surface area contributed by atoms with Crippen molar-refractivity contribution in [1.82, 2.24) is 0 Å². The molecule has 2 aromatic carbocycles. The van der Waals surface area contributed by atoms with Gasteiger partial charge in [-0.05, 0) is 37.1 Å². The highest BCUT2D eigenvalue weighted by molar-refractivity contribution is 7.86. The zero-order chi connectivity index (χ0) is 19.7. The molecule has 0 aromatic heterocycles. The second kappa shape index (κ2) is 10.3. The van der Waals surface area contributed by atoms with Crippen LogP contribution in [-0.2, 0) is 16.5 Å². The Balaban J connectivity index is 2.08. The third-order valence-corrected chi connectivity index (χ3v) is 5.38. The first-order valence-corrected chi connectivity index (χ1v) is 10.9. The molecule has 0 bridgehead atoms. The van der Waals surface area contributed by atoms with E-state index in [1.165, 1.54) is 43.9 Å². The molecular formula is C21H28O5S. The summed E-state index contributed by atoms with van der Waals surface area (Å²) in [7, 11) is -4.40. The van der Waals surface area contributed by atoms with Crippen molar-refractivity contribution in [3.05, 3.63) is 48.0 Å². The van der Waals surface area contributed by atoms with Crippen LogP contribution in [0, 0.1) is 0 Å². The first-order valence-electron chi connectivity index (χ1n) is 9.48. The first-order chi connectivity index (χ1) is 12.9. The Morgan fingerprint density at radius 2 is 1.48 bits per heavy atom. The molecule has 0 aliphatic carbocycles. The zero-order valence-corrected chi connectivity index (χ0v) is 16.5. The first kappa shape index (κ1) is 21.3. The lowest BCUT2D eigenvalue weighted by atomic mass is 10.0. The predicted molar refractivity (Wildman–Crippen MR) is 106 cm³/mol. The van der Waals surface area contributed by atoms with Crippen molar-refractivity contribution in [2.45, 2.75) is 63.2 Å². The van der Waals surface area contributed by atoms with Crippen LogP contribution in [0.4, 0.5) is 0 Å². The zero-order valence-electron chi connectivity index (χ0n) is 15.7. The number of phenols is 1. The molecule has 2 aromatic rings. The highest BCUT2D eigenvalue weighted by Crippen LogP contribution is 2.35. The second-order valence-electron chi connectivity index (χ2n) is 6.65. The van der Waals surface area contributed by atoms with Crippen LogP contribution >= 0.6 is 0 Å². The van der Waals surface area contributed by atoms with Crippen LogP contribution in [0.25, 0.3) is 0 Å². The summed E-state index contributed by atoms with van der Waals surface area (Å²) in [4.78, 5) is -0.296. The van der Waals surface area contributed by atoms with E-state index in [4.69, 9.17) is 4.74 Å². The summed E-state index contributed by atoms with van der Waals surface area (Å²) in [6.07, 6.45) is 8.76. The van der Waals surface area contributed by atoms with Gasteiger partial charge in [-0.25, -0.2) is 0 Å². The van der Waals surface area contributed by atoms with Crippen molar-refractivity contribution >= 4 is 10.1 Å². The fraction of sp³-hybridized carbons (Fsp3) is 0.429. The van der Waals surface area contributed by atoms with E-state index in [1.54, 1.807) is 24.3 Å². The van der Waals surface area contributed by atoms with Crippen LogP contribution in [0.5, 0.6) is 17.2 Å². The van der Waals surface area contributed by atoms with Gasteiger partial charge in [-0.1, -0.05) is 63.6 Å². The Bertz CT molecular complexity index is 830. The molecule has 0 aliphatic rings. The summed E-state index contributed by atoms with van der Waals surface area (Å²) in [5, 5.41) is 10.2. The van der Waals surface area contributed by atoms with Crippen LogP contribution in [-0.4, -0.2) is 18.1 Å². The molecule has 0 radical (unpaired) electrons. The lowest BCUT2D eigenvalue weighted by molar-refractivity contribution is 0.429. The molecule has 2 N–H and O–H groups in total. The third kappa shape index (κ3) is 6.56. The van der Waals surface area contributed by atoms with Crippen LogP contribution in [0.1, 0.15) is 57.4 Å². The van der Waals surface area contributed by atoms with Crippen LogP contribution in [0.3, 0.4) is 0 Å². The molecule has 0 heterocycles. The third-order valence-electron chi connectivity index (χ3n) is 4.49. The Kier molecular flexibility index (Phi) is 8.13. The van der Waals surface area contributed by atoms with Gasteiger partial charge in [0.25, 0.3) is 10.1 Å². The van der Waals surface area contributed by atoms with E-state index in [9.17, 15) is 18.1 Å². The molecule has 0 aliphatic heterocycles. The fourth-order valence-corrected chi connectivity index (χ4v) is 3.64. The maximum Gasteiger partial charge on any atom is 0.298 e. The van der Waals surface area contributed by atoms with Gasteiger partial charge in [0, 0.05) is 5.56 Å². The van der Waals surface area contributed by atoms with Crippen LogP contribution in [0.2, 0.25) is 0 Å². The number of unbranched alkanes of at least 4 members (excludes halogenated alkanes) is 6. The van der Waals surface area contributed by atoms with E-state index in [1.807, 2.05) is 0 Å².